The Kier molecular flexibility index (Phi) is 6.86. The van der Waals surface area contributed by atoms with E-state index in [0.717, 1.165) is 5.56 Å². The first kappa shape index (κ1) is 19.6. The summed E-state index contributed by atoms with van der Waals surface area (Å²) in [7, 11) is 3.05. The molecule has 0 heterocycles. The predicted molar refractivity (Wildman–Crippen MR) is 101 cm³/mol. The number of carbonyl (C=O) groups is 2. The highest BCUT2D eigenvalue weighted by Crippen LogP contribution is 2.28. The van der Waals surface area contributed by atoms with Crippen LogP contribution in [-0.4, -0.2) is 37.5 Å². The van der Waals surface area contributed by atoms with Crippen molar-refractivity contribution in [1.82, 2.24) is 4.90 Å². The van der Waals surface area contributed by atoms with Crippen LogP contribution in [0.2, 0.25) is 5.02 Å². The maximum atomic E-state index is 12.4. The lowest BCUT2D eigenvalue weighted by molar-refractivity contribution is -0.133. The molecule has 0 spiro atoms. The molecule has 7 heteroatoms. The number of hydrogen-bond acceptors (Lipinski definition) is 4. The summed E-state index contributed by atoms with van der Waals surface area (Å²) in [5, 5.41) is 3.37. The van der Waals surface area contributed by atoms with Crippen LogP contribution in [0.1, 0.15) is 12.5 Å². The van der Waals surface area contributed by atoms with Crippen LogP contribution in [0.5, 0.6) is 11.5 Å². The predicted octanol–water partition coefficient (Wildman–Crippen LogP) is 3.34. The third-order valence-corrected chi connectivity index (χ3v) is 4.00. The molecule has 2 amide bonds. The second kappa shape index (κ2) is 9.10. The molecular weight excluding hydrogens is 356 g/mol. The van der Waals surface area contributed by atoms with Gasteiger partial charge in [0.25, 0.3) is 0 Å². The van der Waals surface area contributed by atoms with Crippen LogP contribution in [0.4, 0.5) is 5.69 Å². The number of methoxy groups -OCH3 is 2. The third-order valence-electron chi connectivity index (χ3n) is 3.75. The normalized spacial score (nSPS) is 10.2. The summed E-state index contributed by atoms with van der Waals surface area (Å²) in [6.45, 7) is 1.66. The van der Waals surface area contributed by atoms with Crippen molar-refractivity contribution in [2.24, 2.45) is 0 Å². The molecule has 0 radical (unpaired) electrons. The van der Waals surface area contributed by atoms with Crippen molar-refractivity contribution in [3.63, 3.8) is 0 Å². The standard InChI is InChI=1S/C19H21ClN2O4/c1-13(23)22(11-14-4-6-15(20)7-5-14)12-19(24)21-17-10-16(25-2)8-9-18(17)26-3/h4-10H,11-12H2,1-3H3,(H,21,24). The monoisotopic (exact) mass is 376 g/mol. The fourth-order valence-corrected chi connectivity index (χ4v) is 2.49. The number of halogens is 1. The van der Waals surface area contributed by atoms with E-state index < -0.39 is 0 Å². The van der Waals surface area contributed by atoms with Crippen molar-refractivity contribution < 1.29 is 19.1 Å². The van der Waals surface area contributed by atoms with Crippen LogP contribution in [0.15, 0.2) is 42.5 Å². The van der Waals surface area contributed by atoms with Gasteiger partial charge in [-0.3, -0.25) is 9.59 Å². The highest BCUT2D eigenvalue weighted by atomic mass is 35.5. The van der Waals surface area contributed by atoms with E-state index in [2.05, 4.69) is 5.32 Å². The summed E-state index contributed by atoms with van der Waals surface area (Å²) < 4.78 is 10.4. The number of nitrogens with zero attached hydrogens (tertiary/aromatic N) is 1. The quantitative estimate of drug-likeness (QED) is 0.804. The molecule has 2 aromatic carbocycles. The summed E-state index contributed by atoms with van der Waals surface area (Å²) in [5.41, 5.74) is 1.36. The summed E-state index contributed by atoms with van der Waals surface area (Å²) >= 11 is 5.87. The molecule has 0 atom stereocenters. The van der Waals surface area contributed by atoms with Gasteiger partial charge in [-0.1, -0.05) is 23.7 Å². The van der Waals surface area contributed by atoms with Gasteiger partial charge in [-0.2, -0.15) is 0 Å². The highest BCUT2D eigenvalue weighted by molar-refractivity contribution is 6.30. The van der Waals surface area contributed by atoms with E-state index in [4.69, 9.17) is 21.1 Å². The smallest absolute Gasteiger partial charge is 0.244 e. The molecular formula is C19H21ClN2O4. The molecule has 138 valence electrons. The average molecular weight is 377 g/mol. The van der Waals surface area contributed by atoms with Gasteiger partial charge in [-0.05, 0) is 29.8 Å². The first-order valence-corrected chi connectivity index (χ1v) is 8.32. The van der Waals surface area contributed by atoms with Gasteiger partial charge in [0.15, 0.2) is 0 Å². The number of rotatable bonds is 7. The number of carbonyl (C=O) groups excluding carboxylic acids is 2. The fraction of sp³-hybridized carbons (Fsp3) is 0.263. The SMILES string of the molecule is COc1ccc(OC)c(NC(=O)CN(Cc2ccc(Cl)cc2)C(C)=O)c1. The topological polar surface area (TPSA) is 67.9 Å². The first-order valence-electron chi connectivity index (χ1n) is 7.94. The zero-order valence-corrected chi connectivity index (χ0v) is 15.7. The number of ether oxygens (including phenoxy) is 2. The van der Waals surface area contributed by atoms with E-state index in [1.165, 1.54) is 26.0 Å². The molecule has 0 unspecified atom stereocenters. The van der Waals surface area contributed by atoms with E-state index in [1.54, 1.807) is 30.3 Å². The van der Waals surface area contributed by atoms with Crippen LogP contribution in [0.3, 0.4) is 0 Å². The lowest BCUT2D eigenvalue weighted by Crippen LogP contribution is -2.36. The van der Waals surface area contributed by atoms with Crippen LogP contribution in [-0.2, 0) is 16.1 Å². The Labute approximate surface area is 157 Å². The van der Waals surface area contributed by atoms with Crippen molar-refractivity contribution in [2.45, 2.75) is 13.5 Å². The summed E-state index contributed by atoms with van der Waals surface area (Å²) in [6, 6.07) is 12.2. The number of hydrogen-bond donors (Lipinski definition) is 1. The van der Waals surface area contributed by atoms with Gasteiger partial charge in [-0.25, -0.2) is 0 Å². The maximum absolute atomic E-state index is 12.4. The molecule has 0 aliphatic heterocycles. The van der Waals surface area contributed by atoms with Gasteiger partial charge >= 0.3 is 0 Å². The van der Waals surface area contributed by atoms with Crippen LogP contribution < -0.4 is 14.8 Å². The molecule has 0 saturated heterocycles. The minimum Gasteiger partial charge on any atom is -0.497 e. The van der Waals surface area contributed by atoms with Crippen LogP contribution in [0.25, 0.3) is 0 Å². The average Bonchev–Trinajstić information content (AvgIpc) is 2.62. The second-order valence-corrected chi connectivity index (χ2v) is 6.05. The van der Waals surface area contributed by atoms with Gasteiger partial charge in [0.05, 0.1) is 19.9 Å². The molecule has 0 bridgehead atoms. The molecule has 1 N–H and O–H groups in total. The highest BCUT2D eigenvalue weighted by Gasteiger charge is 2.16. The second-order valence-electron chi connectivity index (χ2n) is 5.62. The fourth-order valence-electron chi connectivity index (χ4n) is 2.36. The number of benzene rings is 2. The Bertz CT molecular complexity index is 778. The van der Waals surface area contributed by atoms with Gasteiger partial charge in [0.2, 0.25) is 11.8 Å². The minimum absolute atomic E-state index is 0.0850. The van der Waals surface area contributed by atoms with Gasteiger partial charge < -0.3 is 19.7 Å². The van der Waals surface area contributed by atoms with Crippen molar-refractivity contribution in [2.75, 3.05) is 26.1 Å². The summed E-state index contributed by atoms with van der Waals surface area (Å²) in [6.07, 6.45) is 0. The van der Waals surface area contributed by atoms with Crippen LogP contribution in [0, 0.1) is 0 Å². The lowest BCUT2D eigenvalue weighted by atomic mass is 10.2. The first-order chi connectivity index (χ1) is 12.4. The van der Waals surface area contributed by atoms with Crippen molar-refractivity contribution in [1.29, 1.82) is 0 Å². The zero-order chi connectivity index (χ0) is 19.1. The third kappa shape index (κ3) is 5.39. The Balaban J connectivity index is 2.08. The Morgan fingerprint density at radius 2 is 1.77 bits per heavy atom. The Morgan fingerprint density at radius 3 is 2.35 bits per heavy atom. The molecule has 0 aliphatic rings. The van der Waals surface area contributed by atoms with E-state index >= 15 is 0 Å². The van der Waals surface area contributed by atoms with Crippen molar-refractivity contribution >= 4 is 29.1 Å². The number of nitrogens with one attached hydrogen (secondary N) is 1. The molecule has 0 aromatic heterocycles. The Hall–Kier alpha value is -2.73. The van der Waals surface area contributed by atoms with E-state index in [1.807, 2.05) is 12.1 Å². The number of anilines is 1. The van der Waals surface area contributed by atoms with E-state index in [-0.39, 0.29) is 18.4 Å². The van der Waals surface area contributed by atoms with E-state index in [0.29, 0.717) is 28.8 Å². The van der Waals surface area contributed by atoms with Crippen LogP contribution >= 0.6 is 11.6 Å². The molecule has 6 nitrogen and oxygen atoms in total. The summed E-state index contributed by atoms with van der Waals surface area (Å²) in [4.78, 5) is 25.8. The molecule has 0 fully saturated rings. The molecule has 2 rings (SSSR count). The van der Waals surface area contributed by atoms with Gasteiger partial charge in [-0.15, -0.1) is 0 Å². The van der Waals surface area contributed by atoms with Crippen molar-refractivity contribution in [3.8, 4) is 11.5 Å². The molecule has 2 aromatic rings. The lowest BCUT2D eigenvalue weighted by Gasteiger charge is -2.21. The largest absolute Gasteiger partial charge is 0.497 e. The molecule has 0 aliphatic carbocycles. The van der Waals surface area contributed by atoms with Crippen molar-refractivity contribution in [3.05, 3.63) is 53.1 Å². The maximum Gasteiger partial charge on any atom is 0.244 e. The van der Waals surface area contributed by atoms with Gasteiger partial charge in [0, 0.05) is 24.6 Å². The minimum atomic E-state index is -0.333. The van der Waals surface area contributed by atoms with Gasteiger partial charge in [0.1, 0.15) is 18.0 Å². The summed E-state index contributed by atoms with van der Waals surface area (Å²) in [5.74, 6) is 0.560. The van der Waals surface area contributed by atoms with E-state index in [9.17, 15) is 9.59 Å². The molecule has 26 heavy (non-hydrogen) atoms. The zero-order valence-electron chi connectivity index (χ0n) is 14.9. The number of amides is 2. The molecule has 0 saturated carbocycles. The Morgan fingerprint density at radius 1 is 1.08 bits per heavy atom.